The van der Waals surface area contributed by atoms with E-state index in [1.807, 2.05) is 0 Å². The zero-order valence-corrected chi connectivity index (χ0v) is 57.6. The lowest BCUT2D eigenvalue weighted by Gasteiger charge is -2.19. The smallest absolute Gasteiger partial charge is 0.326 e. The second-order valence-corrected chi connectivity index (χ2v) is 23.6. The molecule has 1 aromatic heterocycles. The van der Waals surface area contributed by atoms with Crippen LogP contribution in [0.3, 0.4) is 0 Å². The number of aliphatic hydroxyl groups is 1. The lowest BCUT2D eigenvalue weighted by molar-refractivity contribution is -0.142. The first-order valence-electron chi connectivity index (χ1n) is 34.8. The molecule has 14 N–H and O–H groups in total. The Morgan fingerprint density at radius 3 is 1.40 bits per heavy atom. The molecule has 0 aliphatic rings. The van der Waals surface area contributed by atoms with Crippen molar-refractivity contribution in [1.82, 2.24) is 41.9 Å². The molecule has 0 aliphatic carbocycles. The number of carbonyl (C=O) groups excluding carboxylic acids is 9. The first kappa shape index (κ1) is 89.6. The number of nitrogens with zero attached hydrogens (tertiary/aromatic N) is 1. The van der Waals surface area contributed by atoms with Crippen molar-refractivity contribution >= 4 is 64.7 Å². The summed E-state index contributed by atoms with van der Waals surface area (Å²) in [5, 5.41) is 43.5. The van der Waals surface area contributed by atoms with E-state index in [1.54, 1.807) is 6.20 Å². The average Bonchev–Trinajstić information content (AvgIpc) is 1.51. The van der Waals surface area contributed by atoms with E-state index in [0.29, 0.717) is 50.9 Å². The molecule has 0 fully saturated rings. The van der Waals surface area contributed by atoms with Gasteiger partial charge in [0.05, 0.1) is 98.2 Å². The zero-order valence-electron chi connectivity index (χ0n) is 57.6. The number of nitrogens with two attached hydrogens (primary N) is 2. The molecule has 1 rings (SSSR count). The van der Waals surface area contributed by atoms with Gasteiger partial charge in [0.15, 0.2) is 5.78 Å². The van der Waals surface area contributed by atoms with Gasteiger partial charge in [0.2, 0.25) is 35.4 Å². The van der Waals surface area contributed by atoms with Crippen molar-refractivity contribution < 1.29 is 106 Å². The standard InChI is InChI=1S/C66H116N10O22/c67-54(42-52-43-69-50-75-52)57(79)24-22-51(58(80)44-74-56(45-77)65(68)88)18-15-16-26-70-61(83)47-97-40-37-94-33-29-73-62(84)48-96-39-34-91-30-17-19-53(78)46-95-38-35-93-32-28-72-63(85)49-98-41-36-92-31-27-71-59(81)25-23-55(66(89)90)76-60(82)20-13-11-9-7-5-3-1-2-4-6-8-10-12-14-21-64(86)87/h43,50-51,54-56,74,77H,1-42,44-49,67H2,(H2,68,88)(H,69,75)(H,70,83)(H,71,81)(H,72,85)(H,73,84)(H,76,82)(H,86,87)(H,89,90)/t51-,54+,55+,56+/m1/s1. The van der Waals surface area contributed by atoms with E-state index in [9.17, 15) is 63.0 Å². The van der Waals surface area contributed by atoms with Crippen LogP contribution in [0.15, 0.2) is 12.5 Å². The monoisotopic (exact) mass is 1400 g/mol. The molecule has 4 atom stereocenters. The minimum Gasteiger partial charge on any atom is -0.481 e. The lowest BCUT2D eigenvalue weighted by Crippen LogP contribution is -2.46. The van der Waals surface area contributed by atoms with E-state index in [0.717, 1.165) is 51.4 Å². The highest BCUT2D eigenvalue weighted by molar-refractivity contribution is 5.87. The number of amides is 6. The van der Waals surface area contributed by atoms with Crippen molar-refractivity contribution in [3.8, 4) is 0 Å². The summed E-state index contributed by atoms with van der Waals surface area (Å²) < 4.78 is 43.1. The molecule has 1 heterocycles. The summed E-state index contributed by atoms with van der Waals surface area (Å²) in [6.45, 7) is 1.94. The van der Waals surface area contributed by atoms with Gasteiger partial charge >= 0.3 is 11.9 Å². The highest BCUT2D eigenvalue weighted by Crippen LogP contribution is 2.18. The number of nitrogens with one attached hydrogen (secondary N) is 7. The van der Waals surface area contributed by atoms with Crippen molar-refractivity contribution in [2.45, 2.75) is 185 Å². The average molecular weight is 1400 g/mol. The number of H-pyrrole nitrogens is 1. The number of aromatic nitrogens is 2. The van der Waals surface area contributed by atoms with Gasteiger partial charge in [-0.3, -0.25) is 53.3 Å². The third kappa shape index (κ3) is 55.4. The number of rotatable bonds is 72. The summed E-state index contributed by atoms with van der Waals surface area (Å²) in [6, 6.07) is -3.02. The summed E-state index contributed by atoms with van der Waals surface area (Å²) in [5.74, 6) is -5.55. The molecule has 98 heavy (non-hydrogen) atoms. The topological polar surface area (TPSA) is 475 Å². The van der Waals surface area contributed by atoms with Gasteiger partial charge in [-0.2, -0.15) is 0 Å². The number of ketones is 3. The third-order valence-electron chi connectivity index (χ3n) is 15.2. The minimum atomic E-state index is -1.20. The molecular formula is C66H116N10O22. The predicted molar refractivity (Wildman–Crippen MR) is 358 cm³/mol. The summed E-state index contributed by atoms with van der Waals surface area (Å²) in [7, 11) is 0. The van der Waals surface area contributed by atoms with Crippen LogP contribution in [0.1, 0.15) is 166 Å². The fourth-order valence-corrected chi connectivity index (χ4v) is 9.60. The van der Waals surface area contributed by atoms with E-state index in [4.69, 9.17) is 54.5 Å². The Balaban J connectivity index is 1.93. The molecule has 0 aromatic carbocycles. The molecule has 6 amide bonds. The normalized spacial score (nSPS) is 12.5. The molecule has 0 spiro atoms. The number of aliphatic hydroxyl groups excluding tert-OH is 1. The highest BCUT2D eigenvalue weighted by atomic mass is 16.5. The molecule has 0 radical (unpaired) electrons. The van der Waals surface area contributed by atoms with Gasteiger partial charge in [0.25, 0.3) is 0 Å². The molecule has 32 nitrogen and oxygen atoms in total. The number of carbonyl (C=O) groups is 11. The quantitative estimate of drug-likeness (QED) is 0.0405. The highest BCUT2D eigenvalue weighted by Gasteiger charge is 2.25. The van der Waals surface area contributed by atoms with Crippen molar-refractivity contribution in [3.05, 3.63) is 18.2 Å². The number of aliphatic carboxylic acids is 2. The number of ether oxygens (including phenoxy) is 8. The van der Waals surface area contributed by atoms with E-state index < -0.39 is 48.5 Å². The van der Waals surface area contributed by atoms with Crippen molar-refractivity contribution in [2.75, 3.05) is 145 Å². The number of Topliss-reactive ketones (excluding diaryl/α,β-unsaturated/α-hetero) is 3. The number of primary amides is 1. The first-order valence-corrected chi connectivity index (χ1v) is 34.8. The SMILES string of the molecule is NC(=O)[C@H](CO)NCC(=O)[C@H](CCCCNC(=O)COCCOCCNC(=O)COCCOCCCC(=O)COCCOCCNC(=O)COCCOCCNC(=O)CC[C@H](NC(=O)CCCCCCCCCCCCCCCCC(=O)O)C(=O)O)CCC(=O)[C@@H](N)Cc1cnc[nH]1. The van der Waals surface area contributed by atoms with Crippen molar-refractivity contribution in [3.63, 3.8) is 0 Å². The van der Waals surface area contributed by atoms with Gasteiger partial charge in [0, 0.05) is 89.1 Å². The first-order chi connectivity index (χ1) is 47.4. The van der Waals surface area contributed by atoms with Crippen molar-refractivity contribution in [1.29, 1.82) is 0 Å². The molecule has 0 saturated heterocycles. The van der Waals surface area contributed by atoms with Gasteiger partial charge in [-0.25, -0.2) is 9.78 Å². The van der Waals surface area contributed by atoms with Crippen molar-refractivity contribution in [2.24, 2.45) is 17.4 Å². The van der Waals surface area contributed by atoms with Gasteiger partial charge in [-0.15, -0.1) is 0 Å². The van der Waals surface area contributed by atoms with E-state index in [2.05, 4.69) is 41.9 Å². The second kappa shape index (κ2) is 62.8. The summed E-state index contributed by atoms with van der Waals surface area (Å²) in [4.78, 5) is 140. The maximum absolute atomic E-state index is 13.1. The molecule has 562 valence electrons. The molecule has 1 aromatic rings. The largest absolute Gasteiger partial charge is 0.481 e. The maximum Gasteiger partial charge on any atom is 0.326 e. The van der Waals surface area contributed by atoms with E-state index in [1.165, 1.54) is 38.4 Å². The summed E-state index contributed by atoms with van der Waals surface area (Å²) in [5.41, 5.74) is 12.0. The summed E-state index contributed by atoms with van der Waals surface area (Å²) >= 11 is 0. The Hall–Kier alpha value is -6.46. The Bertz CT molecular complexity index is 2320. The van der Waals surface area contributed by atoms with E-state index >= 15 is 0 Å². The molecule has 0 unspecified atom stereocenters. The van der Waals surface area contributed by atoms with Crippen LogP contribution in [0, 0.1) is 5.92 Å². The number of carboxylic acids is 2. The second-order valence-electron chi connectivity index (χ2n) is 23.6. The number of unbranched alkanes of at least 4 members (excludes halogenated alkanes) is 14. The van der Waals surface area contributed by atoms with Crippen LogP contribution in [0.2, 0.25) is 0 Å². The van der Waals surface area contributed by atoms with Crippen LogP contribution in [0.25, 0.3) is 0 Å². The van der Waals surface area contributed by atoms with Crippen LogP contribution in [-0.4, -0.2) is 253 Å². The van der Waals surface area contributed by atoms with Crippen LogP contribution in [-0.2, 0) is 97.1 Å². The molecular weight excluding hydrogens is 1280 g/mol. The summed E-state index contributed by atoms with van der Waals surface area (Å²) in [6.07, 6.45) is 21.1. The molecule has 0 bridgehead atoms. The lowest BCUT2D eigenvalue weighted by atomic mass is 9.90. The minimum absolute atomic E-state index is 0.0471. The molecule has 0 aliphatic heterocycles. The van der Waals surface area contributed by atoms with Gasteiger partial charge in [0.1, 0.15) is 50.1 Å². The Morgan fingerprint density at radius 2 is 0.918 bits per heavy atom. The molecule has 0 saturated carbocycles. The molecule has 32 heteroatoms. The Labute approximate surface area is 576 Å². The number of imidazole rings is 1. The third-order valence-corrected chi connectivity index (χ3v) is 15.2. The van der Waals surface area contributed by atoms with Gasteiger partial charge < -0.3 is 96.2 Å². The van der Waals surface area contributed by atoms with E-state index in [-0.39, 0.29) is 224 Å². The Kier molecular flexibility index (Phi) is 57.4. The zero-order chi connectivity index (χ0) is 71.9. The van der Waals surface area contributed by atoms with Gasteiger partial charge in [-0.1, -0.05) is 83.5 Å². The van der Waals surface area contributed by atoms with Crippen LogP contribution < -0.4 is 43.4 Å². The van der Waals surface area contributed by atoms with Crippen LogP contribution >= 0.6 is 0 Å². The number of hydrogen-bond donors (Lipinski definition) is 12. The fourth-order valence-electron chi connectivity index (χ4n) is 9.60. The maximum atomic E-state index is 13.1. The Morgan fingerprint density at radius 1 is 0.449 bits per heavy atom. The number of aromatic amines is 1. The number of hydrogen-bond acceptors (Lipinski definition) is 23. The predicted octanol–water partition coefficient (Wildman–Crippen LogP) is 1.04. The van der Waals surface area contributed by atoms with Crippen LogP contribution in [0.5, 0.6) is 0 Å². The fraction of sp³-hybridized carbons (Fsp3) is 0.788. The number of carboxylic acid groups (broad SMARTS) is 2. The van der Waals surface area contributed by atoms with Crippen LogP contribution in [0.4, 0.5) is 0 Å². The van der Waals surface area contributed by atoms with Gasteiger partial charge in [-0.05, 0) is 44.9 Å².